The van der Waals surface area contributed by atoms with Gasteiger partial charge in [-0.05, 0) is 13.3 Å². The van der Waals surface area contributed by atoms with Crippen molar-refractivity contribution in [2.24, 2.45) is 0 Å². The molecule has 1 amide bonds. The second-order valence-corrected chi connectivity index (χ2v) is 7.94. The van der Waals surface area contributed by atoms with Gasteiger partial charge in [0.25, 0.3) is 0 Å². The van der Waals surface area contributed by atoms with Gasteiger partial charge in [0.05, 0.1) is 23.8 Å². The van der Waals surface area contributed by atoms with Gasteiger partial charge in [0.2, 0.25) is 5.91 Å². The summed E-state index contributed by atoms with van der Waals surface area (Å²) in [5.41, 5.74) is 1.02. The van der Waals surface area contributed by atoms with Crippen LogP contribution in [0.5, 0.6) is 0 Å². The van der Waals surface area contributed by atoms with E-state index in [2.05, 4.69) is 20.2 Å². The molecule has 4 rings (SSSR count). The molecule has 7 heteroatoms. The van der Waals surface area contributed by atoms with Crippen LogP contribution in [0.2, 0.25) is 0 Å². The first kappa shape index (κ1) is 14.3. The molecule has 0 bridgehead atoms. The zero-order valence-electron chi connectivity index (χ0n) is 12.4. The molecule has 2 aliphatic heterocycles. The average Bonchev–Trinajstić information content (AvgIpc) is 3.23. The van der Waals surface area contributed by atoms with Gasteiger partial charge in [0, 0.05) is 42.0 Å². The van der Waals surface area contributed by atoms with Crippen LogP contribution in [0.1, 0.15) is 28.6 Å². The molecular formula is C15H18N4OS2. The fourth-order valence-corrected chi connectivity index (χ4v) is 4.82. The fraction of sp³-hybridized carbons (Fsp3) is 0.533. The Balaban J connectivity index is 1.47. The highest BCUT2D eigenvalue weighted by Crippen LogP contribution is 2.34. The Hall–Kier alpha value is -1.31. The first-order chi connectivity index (χ1) is 10.7. The Kier molecular flexibility index (Phi) is 3.71. The molecule has 2 atom stereocenters. The summed E-state index contributed by atoms with van der Waals surface area (Å²) in [6.07, 6.45) is 3.55. The molecule has 0 N–H and O–H groups in total. The van der Waals surface area contributed by atoms with Gasteiger partial charge >= 0.3 is 0 Å². The first-order valence-electron chi connectivity index (χ1n) is 7.53. The van der Waals surface area contributed by atoms with E-state index < -0.39 is 0 Å². The van der Waals surface area contributed by atoms with Gasteiger partial charge in [-0.25, -0.2) is 9.97 Å². The minimum absolute atomic E-state index is 0.268. The van der Waals surface area contributed by atoms with Crippen molar-refractivity contribution in [3.8, 4) is 0 Å². The number of aryl methyl sites for hydroxylation is 1. The zero-order chi connectivity index (χ0) is 15.1. The van der Waals surface area contributed by atoms with Crippen LogP contribution in [0.4, 0.5) is 0 Å². The lowest BCUT2D eigenvalue weighted by Crippen LogP contribution is -2.36. The Labute approximate surface area is 137 Å². The molecule has 116 valence electrons. The third-order valence-electron chi connectivity index (χ3n) is 4.55. The van der Waals surface area contributed by atoms with Gasteiger partial charge < -0.3 is 4.90 Å². The minimum atomic E-state index is 0.268. The monoisotopic (exact) mass is 334 g/mol. The number of carbonyl (C=O) groups excluding carboxylic acids is 1. The molecule has 2 aromatic rings. The van der Waals surface area contributed by atoms with Crippen molar-refractivity contribution in [2.75, 3.05) is 6.54 Å². The van der Waals surface area contributed by atoms with Crippen molar-refractivity contribution < 1.29 is 4.79 Å². The summed E-state index contributed by atoms with van der Waals surface area (Å²) < 4.78 is 0. The van der Waals surface area contributed by atoms with Crippen LogP contribution in [0.15, 0.2) is 17.0 Å². The van der Waals surface area contributed by atoms with Gasteiger partial charge in [-0.2, -0.15) is 0 Å². The largest absolute Gasteiger partial charge is 0.332 e. The van der Waals surface area contributed by atoms with Gasteiger partial charge in [0.1, 0.15) is 5.01 Å². The highest BCUT2D eigenvalue weighted by atomic mass is 32.1. The highest BCUT2D eigenvalue weighted by Gasteiger charge is 2.46. The van der Waals surface area contributed by atoms with Crippen LogP contribution < -0.4 is 0 Å². The number of likely N-dealkylation sites (tertiary alicyclic amines) is 2. The molecule has 0 saturated carbocycles. The quantitative estimate of drug-likeness (QED) is 0.861. The molecule has 2 aliphatic rings. The number of nitrogens with zero attached hydrogens (tertiary/aromatic N) is 4. The summed E-state index contributed by atoms with van der Waals surface area (Å²) in [5, 5.41) is 6.29. The highest BCUT2D eigenvalue weighted by molar-refractivity contribution is 7.09. The van der Waals surface area contributed by atoms with Gasteiger partial charge in [-0.15, -0.1) is 22.7 Å². The van der Waals surface area contributed by atoms with Crippen molar-refractivity contribution in [3.63, 3.8) is 0 Å². The molecule has 2 fully saturated rings. The Bertz CT molecular complexity index is 669. The third kappa shape index (κ3) is 2.57. The van der Waals surface area contributed by atoms with Gasteiger partial charge in [0.15, 0.2) is 0 Å². The predicted molar refractivity (Wildman–Crippen MR) is 86.7 cm³/mol. The van der Waals surface area contributed by atoms with Crippen LogP contribution in [-0.2, 0) is 17.9 Å². The van der Waals surface area contributed by atoms with Crippen LogP contribution in [0.25, 0.3) is 0 Å². The second-order valence-electron chi connectivity index (χ2n) is 5.90. The van der Waals surface area contributed by atoms with Crippen molar-refractivity contribution in [2.45, 2.75) is 44.9 Å². The summed E-state index contributed by atoms with van der Waals surface area (Å²) in [5.74, 6) is 0.268. The molecule has 0 unspecified atom stereocenters. The third-order valence-corrected chi connectivity index (χ3v) is 6.14. The van der Waals surface area contributed by atoms with Gasteiger partial charge in [-0.1, -0.05) is 0 Å². The lowest BCUT2D eigenvalue weighted by atomic mass is 10.1. The predicted octanol–water partition coefficient (Wildman–Crippen LogP) is 2.28. The smallest absolute Gasteiger partial charge is 0.224 e. The van der Waals surface area contributed by atoms with Gasteiger partial charge in [-0.3, -0.25) is 9.69 Å². The molecule has 0 radical (unpaired) electrons. The number of hydrogen-bond donors (Lipinski definition) is 0. The van der Waals surface area contributed by atoms with E-state index >= 15 is 0 Å². The van der Waals surface area contributed by atoms with Crippen LogP contribution in [0.3, 0.4) is 0 Å². The van der Waals surface area contributed by atoms with Crippen molar-refractivity contribution in [3.05, 3.63) is 32.7 Å². The molecule has 0 aliphatic carbocycles. The van der Waals surface area contributed by atoms with E-state index in [-0.39, 0.29) is 5.91 Å². The molecular weight excluding hydrogens is 316 g/mol. The van der Waals surface area contributed by atoms with E-state index in [0.29, 0.717) is 25.0 Å². The maximum atomic E-state index is 12.4. The molecule has 2 aromatic heterocycles. The molecule has 0 aromatic carbocycles. The van der Waals surface area contributed by atoms with Crippen LogP contribution >= 0.6 is 22.7 Å². The van der Waals surface area contributed by atoms with E-state index in [0.717, 1.165) is 35.2 Å². The maximum Gasteiger partial charge on any atom is 0.224 e. The average molecular weight is 334 g/mol. The van der Waals surface area contributed by atoms with Crippen molar-refractivity contribution >= 4 is 28.6 Å². The number of aromatic nitrogens is 2. The summed E-state index contributed by atoms with van der Waals surface area (Å²) in [7, 11) is 0. The summed E-state index contributed by atoms with van der Waals surface area (Å²) in [4.78, 5) is 25.8. The molecule has 4 heterocycles. The fourth-order valence-electron chi connectivity index (χ4n) is 3.57. The minimum Gasteiger partial charge on any atom is -0.332 e. The van der Waals surface area contributed by atoms with Crippen molar-refractivity contribution in [1.82, 2.24) is 19.8 Å². The summed E-state index contributed by atoms with van der Waals surface area (Å²) in [6, 6.07) is 0.686. The first-order valence-corrected chi connectivity index (χ1v) is 9.29. The summed E-state index contributed by atoms with van der Waals surface area (Å²) >= 11 is 3.34. The second kappa shape index (κ2) is 5.72. The lowest BCUT2D eigenvalue weighted by Gasteiger charge is -2.24. The Morgan fingerprint density at radius 3 is 2.95 bits per heavy atom. The van der Waals surface area contributed by atoms with E-state index in [1.54, 1.807) is 22.7 Å². The Morgan fingerprint density at radius 1 is 1.32 bits per heavy atom. The van der Waals surface area contributed by atoms with Crippen LogP contribution in [-0.4, -0.2) is 44.3 Å². The van der Waals surface area contributed by atoms with Crippen LogP contribution in [0, 0.1) is 6.92 Å². The molecule has 5 nitrogen and oxygen atoms in total. The number of thiazole rings is 2. The molecule has 2 saturated heterocycles. The van der Waals surface area contributed by atoms with E-state index in [9.17, 15) is 4.79 Å². The topological polar surface area (TPSA) is 49.3 Å². The molecule has 22 heavy (non-hydrogen) atoms. The number of rotatable bonds is 4. The zero-order valence-corrected chi connectivity index (χ0v) is 14.1. The Morgan fingerprint density at radius 2 is 2.23 bits per heavy atom. The number of fused-ring (bicyclic) bond motifs is 1. The SMILES string of the molecule is Cc1nc(CN2C(=O)C[C@@H]3[C@@H]2CCN3Cc2nccs2)cs1. The standard InChI is InChI=1S/C15H18N4OS2/c1-10-17-11(9-22-10)7-19-12-2-4-18(13(12)6-15(19)20)8-14-16-3-5-21-14/h3,5,9,12-13H,2,4,6-8H2,1H3/t12-,13+/m0/s1. The number of amides is 1. The van der Waals surface area contributed by atoms with Crippen molar-refractivity contribution in [1.29, 1.82) is 0 Å². The lowest BCUT2D eigenvalue weighted by molar-refractivity contribution is -0.129. The maximum absolute atomic E-state index is 12.4. The molecule has 0 spiro atoms. The number of carbonyl (C=O) groups is 1. The van der Waals surface area contributed by atoms with E-state index in [1.165, 1.54) is 0 Å². The number of hydrogen-bond acceptors (Lipinski definition) is 6. The van der Waals surface area contributed by atoms with E-state index in [4.69, 9.17) is 0 Å². The normalized spacial score (nSPS) is 25.1. The summed E-state index contributed by atoms with van der Waals surface area (Å²) in [6.45, 7) is 4.59. The van der Waals surface area contributed by atoms with E-state index in [1.807, 2.05) is 23.4 Å².